The van der Waals surface area contributed by atoms with Crippen LogP contribution in [0.25, 0.3) is 0 Å². The van der Waals surface area contributed by atoms with Crippen LogP contribution in [-0.2, 0) is 9.84 Å². The van der Waals surface area contributed by atoms with Crippen LogP contribution in [-0.4, -0.2) is 13.0 Å². The highest BCUT2D eigenvalue weighted by atomic mass is 32.2. The van der Waals surface area contributed by atoms with Crippen molar-refractivity contribution in [1.82, 2.24) is 0 Å². The van der Waals surface area contributed by atoms with Gasteiger partial charge in [-0.05, 0) is 41.9 Å². The van der Waals surface area contributed by atoms with Gasteiger partial charge in [0.1, 0.15) is 0 Å². The Balaban J connectivity index is 2.23. The largest absolute Gasteiger partial charge is 0.219 e. The van der Waals surface area contributed by atoms with Gasteiger partial charge >= 0.3 is 0 Å². The van der Waals surface area contributed by atoms with Gasteiger partial charge in [-0.25, -0.2) is 8.42 Å². The highest BCUT2D eigenvalue weighted by Gasteiger charge is 2.34. The maximum absolute atomic E-state index is 13.9. The van der Waals surface area contributed by atoms with Crippen LogP contribution in [0.5, 0.6) is 0 Å². The third-order valence-corrected chi connectivity index (χ3v) is 12.7. The predicted octanol–water partition coefficient (Wildman–Crippen LogP) is 4.60. The molecule has 4 heteroatoms. The molecule has 0 atom stereocenters. The van der Waals surface area contributed by atoms with E-state index in [4.69, 9.17) is 0 Å². The number of hydrogen-bond donors (Lipinski definition) is 0. The highest BCUT2D eigenvalue weighted by Crippen LogP contribution is 2.48. The highest BCUT2D eigenvalue weighted by molar-refractivity contribution is 8.19. The summed E-state index contributed by atoms with van der Waals surface area (Å²) < 4.78 is 28.3. The number of hydrogen-bond acceptors (Lipinski definition) is 2. The Labute approximate surface area is 178 Å². The number of benzene rings is 4. The summed E-state index contributed by atoms with van der Waals surface area (Å²) in [6.45, 7) is -0.808. The SMILES string of the molecule is CC(=P(c1ccccc1)(c1ccccc1)c1ccccc1)S(=O)(=O)c1ccccc1. The normalized spacial score (nSPS) is 11.8. The topological polar surface area (TPSA) is 34.1 Å². The van der Waals surface area contributed by atoms with E-state index in [1.807, 2.05) is 60.7 Å². The molecule has 0 aliphatic rings. The van der Waals surface area contributed by atoms with Gasteiger partial charge in [0, 0.05) is 0 Å². The van der Waals surface area contributed by atoms with Crippen LogP contribution >= 0.6 is 6.89 Å². The van der Waals surface area contributed by atoms with Gasteiger partial charge in [-0.15, -0.1) is 0 Å². The monoisotopic (exact) mass is 430 g/mol. The third-order valence-electron chi connectivity index (χ3n) is 5.35. The van der Waals surface area contributed by atoms with Gasteiger partial charge in [-0.1, -0.05) is 109 Å². The van der Waals surface area contributed by atoms with Crippen LogP contribution in [0, 0.1) is 0 Å². The summed E-state index contributed by atoms with van der Waals surface area (Å²) in [6, 6.07) is 38.9. The molecule has 150 valence electrons. The van der Waals surface area contributed by atoms with Crippen LogP contribution in [0.4, 0.5) is 0 Å². The van der Waals surface area contributed by atoms with Crippen molar-refractivity contribution in [2.45, 2.75) is 11.8 Å². The Bertz CT molecular complexity index is 1180. The molecule has 0 aromatic heterocycles. The van der Waals surface area contributed by atoms with E-state index in [0.717, 1.165) is 15.9 Å². The minimum atomic E-state index is -3.68. The summed E-state index contributed by atoms with van der Waals surface area (Å²) in [6.07, 6.45) is 0. The van der Waals surface area contributed by atoms with Crippen molar-refractivity contribution in [1.29, 1.82) is 0 Å². The van der Waals surface area contributed by atoms with Gasteiger partial charge in [-0.2, -0.15) is 0 Å². The van der Waals surface area contributed by atoms with Crippen molar-refractivity contribution < 1.29 is 8.42 Å². The second kappa shape index (κ2) is 8.47. The zero-order chi connectivity index (χ0) is 21.0. The molecule has 0 fully saturated rings. The smallest absolute Gasteiger partial charge is 0.203 e. The molecule has 0 aliphatic carbocycles. The van der Waals surface area contributed by atoms with E-state index in [0.29, 0.717) is 9.52 Å². The average molecular weight is 431 g/mol. The van der Waals surface area contributed by atoms with Crippen LogP contribution in [0.1, 0.15) is 6.92 Å². The molecule has 0 heterocycles. The molecule has 2 nitrogen and oxygen atoms in total. The lowest BCUT2D eigenvalue weighted by Crippen LogP contribution is -2.32. The fourth-order valence-electron chi connectivity index (χ4n) is 3.90. The van der Waals surface area contributed by atoms with Crippen molar-refractivity contribution in [2.24, 2.45) is 0 Å². The average Bonchev–Trinajstić information content (AvgIpc) is 2.82. The van der Waals surface area contributed by atoms with Crippen LogP contribution in [0.3, 0.4) is 0 Å². The first-order chi connectivity index (χ1) is 14.6. The molecule has 0 aliphatic heterocycles. The fraction of sp³-hybridized carbons (Fsp3) is 0.0385. The third kappa shape index (κ3) is 3.45. The predicted molar refractivity (Wildman–Crippen MR) is 129 cm³/mol. The first kappa shape index (κ1) is 20.4. The zero-order valence-corrected chi connectivity index (χ0v) is 18.4. The Morgan fingerprint density at radius 2 is 0.833 bits per heavy atom. The number of rotatable bonds is 5. The van der Waals surface area contributed by atoms with E-state index < -0.39 is 16.7 Å². The van der Waals surface area contributed by atoms with Crippen LogP contribution in [0.2, 0.25) is 0 Å². The first-order valence-corrected chi connectivity index (χ1v) is 13.1. The van der Waals surface area contributed by atoms with Crippen molar-refractivity contribution in [3.05, 3.63) is 121 Å². The summed E-state index contributed by atoms with van der Waals surface area (Å²) in [7, 11) is -3.68. The fourth-order valence-corrected chi connectivity index (χ4v) is 11.3. The van der Waals surface area contributed by atoms with E-state index >= 15 is 0 Å². The minimum absolute atomic E-state index is 0.328. The van der Waals surface area contributed by atoms with E-state index in [-0.39, 0.29) is 0 Å². The molecule has 4 aromatic carbocycles. The van der Waals surface area contributed by atoms with Gasteiger partial charge in [0.25, 0.3) is 0 Å². The van der Waals surface area contributed by atoms with Crippen LogP contribution < -0.4 is 15.9 Å². The van der Waals surface area contributed by atoms with Gasteiger partial charge in [0.05, 0.1) is 9.52 Å². The molecular formula is C26H23O2PS. The lowest BCUT2D eigenvalue weighted by atomic mass is 10.4. The standard InChI is InChI=1S/C26H23O2PS/c1-22(30(27,28)26-20-12-5-13-21-26)29(23-14-6-2-7-15-23,24-16-8-3-9-17-24)25-18-10-4-11-19-25/h2-21H,1H3. The van der Waals surface area contributed by atoms with Gasteiger partial charge < -0.3 is 0 Å². The molecule has 0 bridgehead atoms. The molecule has 4 rings (SSSR count). The maximum atomic E-state index is 13.9. The van der Waals surface area contributed by atoms with Gasteiger partial charge in [0.2, 0.25) is 9.84 Å². The number of sulfone groups is 1. The molecular weight excluding hydrogens is 407 g/mol. The van der Waals surface area contributed by atoms with Crippen molar-refractivity contribution >= 4 is 37.3 Å². The molecule has 4 aromatic rings. The maximum Gasteiger partial charge on any atom is 0.203 e. The summed E-state index contributed by atoms with van der Waals surface area (Å²) in [5.74, 6) is 0. The Morgan fingerprint density at radius 3 is 1.17 bits per heavy atom. The van der Waals surface area contributed by atoms with Crippen molar-refractivity contribution in [2.75, 3.05) is 0 Å². The molecule has 0 saturated heterocycles. The molecule has 0 radical (unpaired) electrons. The Kier molecular flexibility index (Phi) is 5.76. The lowest BCUT2D eigenvalue weighted by Gasteiger charge is -2.31. The van der Waals surface area contributed by atoms with Crippen molar-refractivity contribution in [3.8, 4) is 0 Å². The van der Waals surface area contributed by atoms with E-state index in [2.05, 4.69) is 36.4 Å². The molecule has 0 N–H and O–H groups in total. The summed E-state index contributed by atoms with van der Waals surface area (Å²) in [5.41, 5.74) is 0. The Morgan fingerprint density at radius 1 is 0.533 bits per heavy atom. The van der Waals surface area contributed by atoms with E-state index in [1.54, 1.807) is 31.2 Å². The zero-order valence-electron chi connectivity index (χ0n) is 16.7. The van der Waals surface area contributed by atoms with E-state index in [1.165, 1.54) is 0 Å². The van der Waals surface area contributed by atoms with E-state index in [9.17, 15) is 8.42 Å². The van der Waals surface area contributed by atoms with Gasteiger partial charge in [-0.3, -0.25) is 0 Å². The quantitative estimate of drug-likeness (QED) is 0.434. The second-order valence-electron chi connectivity index (χ2n) is 7.01. The van der Waals surface area contributed by atoms with Gasteiger partial charge in [0.15, 0.2) is 0 Å². The summed E-state index contributed by atoms with van der Waals surface area (Å²) >= 11 is 0. The molecule has 0 spiro atoms. The minimum Gasteiger partial charge on any atom is -0.219 e. The molecule has 0 amide bonds. The Hall–Kier alpha value is -2.87. The second-order valence-corrected chi connectivity index (χ2v) is 13.0. The first-order valence-electron chi connectivity index (χ1n) is 9.78. The van der Waals surface area contributed by atoms with Crippen molar-refractivity contribution in [3.63, 3.8) is 0 Å². The summed E-state index contributed by atoms with van der Waals surface area (Å²) in [4.78, 5) is 0.328. The lowest BCUT2D eigenvalue weighted by molar-refractivity contribution is 0.607. The molecule has 0 unspecified atom stereocenters. The molecule has 0 saturated carbocycles. The van der Waals surface area contributed by atoms with Crippen LogP contribution in [0.15, 0.2) is 126 Å². The molecule has 30 heavy (non-hydrogen) atoms. The summed E-state index contributed by atoms with van der Waals surface area (Å²) in [5, 5.41) is 3.08.